The first-order chi connectivity index (χ1) is 14.1. The molecule has 1 fully saturated rings. The molecule has 1 saturated heterocycles. The van der Waals surface area contributed by atoms with Crippen LogP contribution < -0.4 is 10.6 Å². The van der Waals surface area contributed by atoms with Gasteiger partial charge in [0.2, 0.25) is 0 Å². The molecule has 0 amide bonds. The molecule has 2 aromatic carbocycles. The van der Waals surface area contributed by atoms with Gasteiger partial charge in [-0.05, 0) is 69.0 Å². The molecule has 0 aliphatic carbocycles. The largest absolute Gasteiger partial charge is 0.384 e. The van der Waals surface area contributed by atoms with Gasteiger partial charge in [-0.25, -0.2) is 18.2 Å². The Balaban J connectivity index is 1.56. The fourth-order valence-electron chi connectivity index (χ4n) is 3.96. The highest BCUT2D eigenvalue weighted by molar-refractivity contribution is 5.93. The van der Waals surface area contributed by atoms with E-state index in [0.717, 1.165) is 61.6 Å². The van der Waals surface area contributed by atoms with E-state index >= 15 is 0 Å². The van der Waals surface area contributed by atoms with Crippen molar-refractivity contribution in [2.75, 3.05) is 25.0 Å². The summed E-state index contributed by atoms with van der Waals surface area (Å²) in [6, 6.07) is 11.4. The Labute approximate surface area is 168 Å². The second-order valence-electron chi connectivity index (χ2n) is 7.61. The molecule has 1 aliphatic rings. The highest BCUT2D eigenvalue weighted by Crippen LogP contribution is 2.30. The maximum atomic E-state index is 13.7. The molecule has 1 atom stereocenters. The summed E-state index contributed by atoms with van der Waals surface area (Å²) >= 11 is 0. The summed E-state index contributed by atoms with van der Waals surface area (Å²) in [6.45, 7) is 3.01. The van der Waals surface area contributed by atoms with E-state index in [1.807, 2.05) is 24.3 Å². The van der Waals surface area contributed by atoms with Crippen LogP contribution in [0.5, 0.6) is 0 Å². The highest BCUT2D eigenvalue weighted by Gasteiger charge is 2.15. The third kappa shape index (κ3) is 4.53. The number of nitrogens with one attached hydrogen (secondary N) is 2. The van der Waals surface area contributed by atoms with Crippen LogP contribution in [0.1, 0.15) is 25.7 Å². The SMILES string of the molecule is Fc1cc(-c2cc(NCCCC3CCCNC3)c3ccccc3n2)cc(F)c1F. The minimum atomic E-state index is -1.47. The Bertz CT molecular complexity index is 977. The fraction of sp³-hybridized carbons (Fsp3) is 0.348. The standard InChI is InChI=1S/C23H24F3N3/c24-18-11-16(12-19(25)23(18)26)21-13-22(17-7-1-2-8-20(17)29-21)28-10-4-6-15-5-3-9-27-14-15/h1-2,7-8,11-13,15,27H,3-6,9-10,14H2,(H,28,29). The first-order valence-electron chi connectivity index (χ1n) is 10.1. The molecule has 0 bridgehead atoms. The molecule has 0 spiro atoms. The Morgan fingerprint density at radius 3 is 2.62 bits per heavy atom. The Morgan fingerprint density at radius 2 is 1.86 bits per heavy atom. The molecule has 6 heteroatoms. The average Bonchev–Trinajstić information content (AvgIpc) is 2.75. The van der Waals surface area contributed by atoms with Gasteiger partial charge in [0.15, 0.2) is 17.5 Å². The smallest absolute Gasteiger partial charge is 0.194 e. The van der Waals surface area contributed by atoms with Crippen molar-refractivity contribution < 1.29 is 13.2 Å². The van der Waals surface area contributed by atoms with Crippen molar-refractivity contribution in [3.63, 3.8) is 0 Å². The summed E-state index contributed by atoms with van der Waals surface area (Å²) in [5.74, 6) is -3.18. The summed E-state index contributed by atoms with van der Waals surface area (Å²) in [4.78, 5) is 4.52. The van der Waals surface area contributed by atoms with Crippen LogP contribution in [0, 0.1) is 23.4 Å². The van der Waals surface area contributed by atoms with Crippen molar-refractivity contribution in [3.8, 4) is 11.3 Å². The number of pyridine rings is 1. The van der Waals surface area contributed by atoms with Crippen molar-refractivity contribution in [2.45, 2.75) is 25.7 Å². The van der Waals surface area contributed by atoms with E-state index in [1.54, 1.807) is 6.07 Å². The van der Waals surface area contributed by atoms with Crippen LogP contribution in [-0.2, 0) is 0 Å². The van der Waals surface area contributed by atoms with Gasteiger partial charge < -0.3 is 10.6 Å². The molecule has 4 rings (SSSR count). The number of anilines is 1. The van der Waals surface area contributed by atoms with E-state index in [4.69, 9.17) is 0 Å². The van der Waals surface area contributed by atoms with E-state index in [-0.39, 0.29) is 5.56 Å². The third-order valence-corrected chi connectivity index (χ3v) is 5.50. The quantitative estimate of drug-likeness (QED) is 0.424. The lowest BCUT2D eigenvalue weighted by Crippen LogP contribution is -2.29. The topological polar surface area (TPSA) is 37.0 Å². The molecule has 0 radical (unpaired) electrons. The van der Waals surface area contributed by atoms with Gasteiger partial charge in [-0.2, -0.15) is 0 Å². The molecule has 3 nitrogen and oxygen atoms in total. The van der Waals surface area contributed by atoms with Gasteiger partial charge in [-0.15, -0.1) is 0 Å². The van der Waals surface area contributed by atoms with Crippen LogP contribution in [0.2, 0.25) is 0 Å². The molecular weight excluding hydrogens is 375 g/mol. The minimum absolute atomic E-state index is 0.212. The first kappa shape index (κ1) is 19.7. The first-order valence-corrected chi connectivity index (χ1v) is 10.1. The summed E-state index contributed by atoms with van der Waals surface area (Å²) in [6.07, 6.45) is 4.71. The molecule has 2 heterocycles. The highest BCUT2D eigenvalue weighted by atomic mass is 19.2. The Kier molecular flexibility index (Phi) is 6.00. The lowest BCUT2D eigenvalue weighted by atomic mass is 9.95. The van der Waals surface area contributed by atoms with Gasteiger partial charge in [0.05, 0.1) is 11.2 Å². The zero-order valence-electron chi connectivity index (χ0n) is 16.1. The van der Waals surface area contributed by atoms with Crippen molar-refractivity contribution >= 4 is 16.6 Å². The zero-order valence-corrected chi connectivity index (χ0v) is 16.1. The maximum absolute atomic E-state index is 13.7. The van der Waals surface area contributed by atoms with Crippen LogP contribution in [0.15, 0.2) is 42.5 Å². The zero-order chi connectivity index (χ0) is 20.2. The average molecular weight is 399 g/mol. The molecule has 29 heavy (non-hydrogen) atoms. The van der Waals surface area contributed by atoms with E-state index in [9.17, 15) is 13.2 Å². The van der Waals surface area contributed by atoms with Gasteiger partial charge >= 0.3 is 0 Å². The van der Waals surface area contributed by atoms with E-state index in [2.05, 4.69) is 15.6 Å². The van der Waals surface area contributed by atoms with Crippen molar-refractivity contribution in [1.82, 2.24) is 10.3 Å². The Hall–Kier alpha value is -2.60. The van der Waals surface area contributed by atoms with E-state index < -0.39 is 17.5 Å². The van der Waals surface area contributed by atoms with Crippen LogP contribution in [0.4, 0.5) is 18.9 Å². The monoisotopic (exact) mass is 399 g/mol. The van der Waals surface area contributed by atoms with Crippen LogP contribution in [0.3, 0.4) is 0 Å². The van der Waals surface area contributed by atoms with E-state index in [1.165, 1.54) is 12.8 Å². The van der Waals surface area contributed by atoms with Crippen molar-refractivity contribution in [2.24, 2.45) is 5.92 Å². The van der Waals surface area contributed by atoms with E-state index in [0.29, 0.717) is 11.2 Å². The maximum Gasteiger partial charge on any atom is 0.194 e. The van der Waals surface area contributed by atoms with Crippen molar-refractivity contribution in [3.05, 3.63) is 59.9 Å². The number of nitrogens with zero attached hydrogens (tertiary/aromatic N) is 1. The normalized spacial score (nSPS) is 16.9. The number of rotatable bonds is 6. The molecule has 1 unspecified atom stereocenters. The summed E-state index contributed by atoms with van der Waals surface area (Å²) in [7, 11) is 0. The number of fused-ring (bicyclic) bond motifs is 1. The second-order valence-corrected chi connectivity index (χ2v) is 7.61. The van der Waals surface area contributed by atoms with Crippen LogP contribution >= 0.6 is 0 Å². The summed E-state index contributed by atoms with van der Waals surface area (Å²) in [5, 5.41) is 7.84. The number of benzene rings is 2. The lowest BCUT2D eigenvalue weighted by Gasteiger charge is -2.22. The lowest BCUT2D eigenvalue weighted by molar-refractivity contribution is 0.353. The van der Waals surface area contributed by atoms with Crippen LogP contribution in [0.25, 0.3) is 22.2 Å². The Morgan fingerprint density at radius 1 is 1.07 bits per heavy atom. The van der Waals surface area contributed by atoms with Gasteiger partial charge in [0, 0.05) is 23.2 Å². The number of para-hydroxylation sites is 1. The number of halogens is 3. The predicted octanol–water partition coefficient (Wildman–Crippen LogP) is 5.51. The predicted molar refractivity (Wildman–Crippen MR) is 110 cm³/mol. The summed E-state index contributed by atoms with van der Waals surface area (Å²) in [5.41, 5.74) is 2.19. The fourth-order valence-corrected chi connectivity index (χ4v) is 3.96. The van der Waals surface area contributed by atoms with Crippen molar-refractivity contribution in [1.29, 1.82) is 0 Å². The molecule has 0 saturated carbocycles. The summed E-state index contributed by atoms with van der Waals surface area (Å²) < 4.78 is 40.7. The molecule has 1 aliphatic heterocycles. The number of hydrogen-bond acceptors (Lipinski definition) is 3. The van der Waals surface area contributed by atoms with Gasteiger partial charge in [0.1, 0.15) is 0 Å². The molecule has 2 N–H and O–H groups in total. The minimum Gasteiger partial charge on any atom is -0.384 e. The second kappa shape index (κ2) is 8.82. The molecular formula is C23H24F3N3. The van der Waals surface area contributed by atoms with Gasteiger partial charge in [0.25, 0.3) is 0 Å². The van der Waals surface area contributed by atoms with Gasteiger partial charge in [-0.1, -0.05) is 18.2 Å². The molecule has 1 aromatic heterocycles. The third-order valence-electron chi connectivity index (χ3n) is 5.50. The number of hydrogen-bond donors (Lipinski definition) is 2. The molecule has 152 valence electrons. The number of piperidine rings is 1. The molecule has 3 aromatic rings. The van der Waals surface area contributed by atoms with Crippen LogP contribution in [-0.4, -0.2) is 24.6 Å². The van der Waals surface area contributed by atoms with Gasteiger partial charge in [-0.3, -0.25) is 0 Å². The number of aromatic nitrogens is 1.